The molecule has 5 heteroatoms. The molecule has 0 spiro atoms. The van der Waals surface area contributed by atoms with Gasteiger partial charge in [0.15, 0.2) is 5.82 Å². The summed E-state index contributed by atoms with van der Waals surface area (Å²) in [7, 11) is 0. The topological polar surface area (TPSA) is 68.1 Å². The van der Waals surface area contributed by atoms with Gasteiger partial charge in [-0.05, 0) is 0 Å². The number of aromatic nitrogens is 3. The van der Waals surface area contributed by atoms with E-state index in [0.717, 1.165) is 0 Å². The molecule has 50 valence electrons. The largest absolute Gasteiger partial charge is 0.235 e. The van der Waals surface area contributed by atoms with Crippen molar-refractivity contribution in [1.82, 2.24) is 15.0 Å². The predicted molar refractivity (Wildman–Crippen MR) is 31.7 cm³/mol. The van der Waals surface area contributed by atoms with E-state index >= 15 is 0 Å². The maximum Gasteiger partial charge on any atom is 0.235 e. The second-order valence-corrected chi connectivity index (χ2v) is 1.46. The Morgan fingerprint density at radius 1 is 1.50 bits per heavy atom. The molecule has 0 fully saturated rings. The Morgan fingerprint density at radius 3 is 2.80 bits per heavy atom. The Kier molecular flexibility index (Phi) is 2.23. The van der Waals surface area contributed by atoms with Gasteiger partial charge in [-0.3, -0.25) is 0 Å². The van der Waals surface area contributed by atoms with Crippen LogP contribution < -0.4 is 0 Å². The summed E-state index contributed by atoms with van der Waals surface area (Å²) in [6.45, 7) is 0.173. The zero-order valence-corrected chi connectivity index (χ0v) is 5.06. The first kappa shape index (κ1) is 6.51. The third-order valence-electron chi connectivity index (χ3n) is 0.832. The minimum atomic E-state index is 0.173. The van der Waals surface area contributed by atoms with Gasteiger partial charge in [-0.15, -0.1) is 0 Å². The molecule has 0 amide bonds. The molecule has 1 rings (SSSR count). The quantitative estimate of drug-likeness (QED) is 0.413. The predicted octanol–water partition coefficient (Wildman–Crippen LogP) is -0.293. The summed E-state index contributed by atoms with van der Waals surface area (Å²) in [6, 6.07) is 0. The smallest absolute Gasteiger partial charge is 0.225 e. The number of isocyanates is 1. The second kappa shape index (κ2) is 3.42. The summed E-state index contributed by atoms with van der Waals surface area (Å²) in [5.74, 6) is 0.471. The molecule has 0 unspecified atom stereocenters. The number of carbonyl (C=O) groups excluding carboxylic acids is 1. The Bertz CT molecular complexity index is 241. The summed E-state index contributed by atoms with van der Waals surface area (Å²) in [5.41, 5.74) is 0. The van der Waals surface area contributed by atoms with Gasteiger partial charge in [-0.1, -0.05) is 0 Å². The van der Waals surface area contributed by atoms with Gasteiger partial charge in [-0.2, -0.15) is 4.99 Å². The first-order chi connectivity index (χ1) is 4.93. The van der Waals surface area contributed by atoms with E-state index in [-0.39, 0.29) is 6.54 Å². The Hall–Kier alpha value is -1.61. The zero-order chi connectivity index (χ0) is 7.23. The van der Waals surface area contributed by atoms with Gasteiger partial charge in [0.25, 0.3) is 0 Å². The number of nitrogens with zero attached hydrogens (tertiary/aromatic N) is 4. The molecule has 1 aromatic rings. The van der Waals surface area contributed by atoms with E-state index in [1.165, 1.54) is 18.7 Å². The second-order valence-electron chi connectivity index (χ2n) is 1.46. The van der Waals surface area contributed by atoms with Crippen LogP contribution in [-0.4, -0.2) is 21.0 Å². The first-order valence-corrected chi connectivity index (χ1v) is 2.58. The van der Waals surface area contributed by atoms with Gasteiger partial charge in [0, 0.05) is 0 Å². The lowest BCUT2D eigenvalue weighted by atomic mass is 10.6. The number of aliphatic imine (C=N–C) groups is 1. The van der Waals surface area contributed by atoms with Crippen molar-refractivity contribution in [3.63, 3.8) is 0 Å². The lowest BCUT2D eigenvalue weighted by molar-refractivity contribution is 0.562. The summed E-state index contributed by atoms with van der Waals surface area (Å²) in [5, 5.41) is 0. The van der Waals surface area contributed by atoms with E-state index in [4.69, 9.17) is 0 Å². The van der Waals surface area contributed by atoms with Crippen molar-refractivity contribution in [3.05, 3.63) is 18.5 Å². The number of hydrogen-bond donors (Lipinski definition) is 0. The van der Waals surface area contributed by atoms with Crippen LogP contribution in [0.15, 0.2) is 17.6 Å². The maximum atomic E-state index is 9.62. The third-order valence-corrected chi connectivity index (χ3v) is 0.832. The molecule has 0 radical (unpaired) electrons. The minimum Gasteiger partial charge on any atom is -0.225 e. The van der Waals surface area contributed by atoms with Crippen LogP contribution in [0.3, 0.4) is 0 Å². The first-order valence-electron chi connectivity index (χ1n) is 2.58. The fraction of sp³-hybridized carbons (Fsp3) is 0.200. The molecule has 0 aromatic carbocycles. The van der Waals surface area contributed by atoms with Crippen LogP contribution in [0.5, 0.6) is 0 Å². The molecule has 0 N–H and O–H groups in total. The molecule has 0 aliphatic carbocycles. The Balaban J connectivity index is 2.67. The van der Waals surface area contributed by atoms with Crippen LogP contribution in [0.4, 0.5) is 0 Å². The van der Waals surface area contributed by atoms with Crippen LogP contribution in [0.1, 0.15) is 5.82 Å². The highest BCUT2D eigenvalue weighted by atomic mass is 16.1. The van der Waals surface area contributed by atoms with Crippen LogP contribution in [0.2, 0.25) is 0 Å². The van der Waals surface area contributed by atoms with E-state index in [1.807, 2.05) is 0 Å². The lowest BCUT2D eigenvalue weighted by Gasteiger charge is -1.87. The molecule has 0 saturated carbocycles. The van der Waals surface area contributed by atoms with Gasteiger partial charge in [-0.25, -0.2) is 19.7 Å². The van der Waals surface area contributed by atoms with Crippen molar-refractivity contribution in [2.24, 2.45) is 4.99 Å². The summed E-state index contributed by atoms with van der Waals surface area (Å²) < 4.78 is 0. The Morgan fingerprint density at radius 2 is 2.20 bits per heavy atom. The van der Waals surface area contributed by atoms with Crippen LogP contribution in [0.25, 0.3) is 0 Å². The lowest BCUT2D eigenvalue weighted by Crippen LogP contribution is -1.91. The van der Waals surface area contributed by atoms with Gasteiger partial charge in [0.05, 0.1) is 0 Å². The van der Waals surface area contributed by atoms with Crippen LogP contribution in [-0.2, 0) is 11.3 Å². The SMILES string of the molecule is O=C=NCc1ncncn1. The molecule has 0 aliphatic heterocycles. The molecule has 0 bridgehead atoms. The minimum absolute atomic E-state index is 0.173. The van der Waals surface area contributed by atoms with E-state index in [2.05, 4.69) is 19.9 Å². The van der Waals surface area contributed by atoms with Crippen molar-refractivity contribution in [3.8, 4) is 0 Å². The van der Waals surface area contributed by atoms with E-state index < -0.39 is 0 Å². The Labute approximate surface area is 56.9 Å². The molecule has 1 aromatic heterocycles. The van der Waals surface area contributed by atoms with Crippen molar-refractivity contribution >= 4 is 6.08 Å². The number of rotatable bonds is 2. The van der Waals surface area contributed by atoms with E-state index in [1.54, 1.807) is 0 Å². The summed E-state index contributed by atoms with van der Waals surface area (Å²) >= 11 is 0. The van der Waals surface area contributed by atoms with Crippen molar-refractivity contribution < 1.29 is 4.79 Å². The van der Waals surface area contributed by atoms with E-state index in [0.29, 0.717) is 5.82 Å². The van der Waals surface area contributed by atoms with Gasteiger partial charge in [0.2, 0.25) is 6.08 Å². The molecular weight excluding hydrogens is 132 g/mol. The molecule has 5 nitrogen and oxygen atoms in total. The normalized spacial score (nSPS) is 8.40. The van der Waals surface area contributed by atoms with Gasteiger partial charge >= 0.3 is 0 Å². The molecule has 0 aliphatic rings. The molecule has 0 atom stereocenters. The summed E-state index contributed by atoms with van der Waals surface area (Å²) in [4.78, 5) is 23.9. The van der Waals surface area contributed by atoms with Crippen LogP contribution >= 0.6 is 0 Å². The van der Waals surface area contributed by atoms with Gasteiger partial charge < -0.3 is 0 Å². The van der Waals surface area contributed by atoms with Crippen LogP contribution in [0, 0.1) is 0 Å². The third kappa shape index (κ3) is 1.72. The molecular formula is C5H4N4O. The molecule has 0 saturated heterocycles. The fourth-order valence-corrected chi connectivity index (χ4v) is 0.448. The zero-order valence-electron chi connectivity index (χ0n) is 5.06. The standard InChI is InChI=1S/C5H4N4O/c10-4-6-1-5-8-2-7-3-9-5/h2-3H,1H2. The van der Waals surface area contributed by atoms with E-state index in [9.17, 15) is 4.79 Å². The monoisotopic (exact) mass is 136 g/mol. The van der Waals surface area contributed by atoms with Gasteiger partial charge in [0.1, 0.15) is 19.2 Å². The maximum absolute atomic E-state index is 9.62. The average Bonchev–Trinajstić information content (AvgIpc) is 2.03. The molecule has 10 heavy (non-hydrogen) atoms. The van der Waals surface area contributed by atoms with Crippen molar-refractivity contribution in [2.75, 3.05) is 0 Å². The summed E-state index contributed by atoms with van der Waals surface area (Å²) in [6.07, 6.45) is 4.09. The average molecular weight is 136 g/mol. The highest BCUT2D eigenvalue weighted by Crippen LogP contribution is 1.85. The van der Waals surface area contributed by atoms with Crippen molar-refractivity contribution in [2.45, 2.75) is 6.54 Å². The highest BCUT2D eigenvalue weighted by molar-refractivity contribution is 5.32. The molecule has 1 heterocycles. The van der Waals surface area contributed by atoms with Crippen molar-refractivity contribution in [1.29, 1.82) is 0 Å². The number of hydrogen-bond acceptors (Lipinski definition) is 5. The fourth-order valence-electron chi connectivity index (χ4n) is 0.448. The highest BCUT2D eigenvalue weighted by Gasteiger charge is 1.88.